The molecule has 0 fully saturated rings. The summed E-state index contributed by atoms with van der Waals surface area (Å²) in [6.45, 7) is 0. The van der Waals surface area contributed by atoms with E-state index in [2.05, 4.69) is 235 Å². The van der Waals surface area contributed by atoms with Gasteiger partial charge in [-0.3, -0.25) is 0 Å². The number of hydrogen-bond acceptors (Lipinski definition) is 0. The van der Waals surface area contributed by atoms with Crippen LogP contribution in [-0.2, 0) is 11.8 Å². The number of rotatable bonds is 7. The van der Waals surface area contributed by atoms with Crippen LogP contribution < -0.4 is 0 Å². The fraction of sp³-hybridized carbons (Fsp3) is 0.0769. The maximum Gasteiger partial charge on any atom is 0.0754 e. The topological polar surface area (TPSA) is 4.93 Å². The summed E-state index contributed by atoms with van der Waals surface area (Å²) >= 11 is 0. The first-order valence-corrected chi connectivity index (χ1v) is 23.6. The zero-order valence-electron chi connectivity index (χ0n) is 36.6. The van der Waals surface area contributed by atoms with Gasteiger partial charge in [-0.2, -0.15) is 0 Å². The van der Waals surface area contributed by atoms with Crippen molar-refractivity contribution >= 4 is 54.1 Å². The van der Waals surface area contributed by atoms with Gasteiger partial charge in [-0.15, -0.1) is 0 Å². The van der Waals surface area contributed by atoms with E-state index in [9.17, 15) is 0 Å². The summed E-state index contributed by atoms with van der Waals surface area (Å²) in [6, 6.07) is 87.1. The van der Waals surface area contributed by atoms with Crippen LogP contribution in [0.15, 0.2) is 231 Å². The first-order chi connectivity index (χ1) is 32.8. The van der Waals surface area contributed by atoms with Gasteiger partial charge in [0.2, 0.25) is 0 Å². The maximum atomic E-state index is 2.58. The normalized spacial score (nSPS) is 15.2. The third kappa shape index (κ3) is 5.29. The summed E-state index contributed by atoms with van der Waals surface area (Å²) in [6.07, 6.45) is 3.08. The molecule has 0 radical (unpaired) electrons. The summed E-state index contributed by atoms with van der Waals surface area (Å²) < 4.78 is 2.54. The van der Waals surface area contributed by atoms with Gasteiger partial charge in [-0.25, -0.2) is 0 Å². The number of nitrogens with zero attached hydrogens (tertiary/aromatic N) is 1. The van der Waals surface area contributed by atoms with E-state index >= 15 is 0 Å². The molecule has 0 saturated heterocycles. The Kier molecular flexibility index (Phi) is 8.22. The summed E-state index contributed by atoms with van der Waals surface area (Å²) in [4.78, 5) is 0. The molecule has 12 aromatic rings. The van der Waals surface area contributed by atoms with E-state index in [1.54, 1.807) is 0 Å². The van der Waals surface area contributed by atoms with Crippen molar-refractivity contribution in [3.05, 3.63) is 269 Å². The molecule has 1 aromatic heterocycles. The standard InChI is InChI=1S/C65H45N/c1-2-17-43(18-3-1)44-33-35-45(36-34-44)47(46-37-39-52-50-21-5-4-19-48(50)49-20-6-7-22-51(49)57(52)41-46)25-14-16-42-32-38-54-53-23-8-10-27-58(53)65(61(54)40-42)59-28-11-13-31-63(59)66-62-30-12-9-24-55(62)56-26-15-29-60(65)64(56)66/h1-13,15,17-24,26-41,47H,14,16,25H2. The predicted molar refractivity (Wildman–Crippen MR) is 277 cm³/mol. The van der Waals surface area contributed by atoms with Crippen LogP contribution in [0.5, 0.6) is 0 Å². The van der Waals surface area contributed by atoms with Crippen LogP contribution in [0.1, 0.15) is 57.7 Å². The van der Waals surface area contributed by atoms with Gasteiger partial charge in [0.15, 0.2) is 0 Å². The Labute approximate surface area is 384 Å². The molecule has 1 aliphatic carbocycles. The monoisotopic (exact) mass is 839 g/mol. The van der Waals surface area contributed by atoms with Crippen LogP contribution in [0.3, 0.4) is 0 Å². The average Bonchev–Trinajstić information content (AvgIpc) is 3.88. The quantitative estimate of drug-likeness (QED) is 0.141. The van der Waals surface area contributed by atoms with Crippen molar-refractivity contribution in [2.75, 3.05) is 0 Å². The summed E-state index contributed by atoms with van der Waals surface area (Å²) in [5.41, 5.74) is 18.2. The lowest BCUT2D eigenvalue weighted by molar-refractivity contribution is 0.660. The van der Waals surface area contributed by atoms with Crippen molar-refractivity contribution < 1.29 is 0 Å². The zero-order chi connectivity index (χ0) is 43.3. The Morgan fingerprint density at radius 3 is 1.73 bits per heavy atom. The largest absolute Gasteiger partial charge is 0.309 e. The predicted octanol–water partition coefficient (Wildman–Crippen LogP) is 16.7. The van der Waals surface area contributed by atoms with E-state index in [-0.39, 0.29) is 5.92 Å². The Morgan fingerprint density at radius 2 is 0.939 bits per heavy atom. The molecule has 1 aliphatic heterocycles. The molecule has 66 heavy (non-hydrogen) atoms. The van der Waals surface area contributed by atoms with E-state index in [1.807, 2.05) is 0 Å². The van der Waals surface area contributed by atoms with Gasteiger partial charge < -0.3 is 4.57 Å². The molecule has 2 unspecified atom stereocenters. The van der Waals surface area contributed by atoms with Gasteiger partial charge in [-0.05, 0) is 131 Å². The highest BCUT2D eigenvalue weighted by Gasteiger charge is 2.50. The third-order valence-electron chi connectivity index (χ3n) is 15.3. The van der Waals surface area contributed by atoms with Crippen molar-refractivity contribution in [2.24, 2.45) is 0 Å². The number of para-hydroxylation sites is 3. The lowest BCUT2D eigenvalue weighted by atomic mass is 9.65. The van der Waals surface area contributed by atoms with E-state index in [0.717, 1.165) is 19.3 Å². The molecule has 2 heterocycles. The highest BCUT2D eigenvalue weighted by molar-refractivity contribution is 6.25. The average molecular weight is 840 g/mol. The fourth-order valence-electron chi connectivity index (χ4n) is 12.5. The molecule has 0 saturated carbocycles. The van der Waals surface area contributed by atoms with Gasteiger partial charge in [0, 0.05) is 16.7 Å². The lowest BCUT2D eigenvalue weighted by Gasteiger charge is -2.39. The van der Waals surface area contributed by atoms with E-state index in [0.29, 0.717) is 0 Å². The van der Waals surface area contributed by atoms with Gasteiger partial charge >= 0.3 is 0 Å². The maximum absolute atomic E-state index is 2.58. The molecular weight excluding hydrogens is 795 g/mol. The Hall–Kier alpha value is -8.00. The van der Waals surface area contributed by atoms with Gasteiger partial charge in [0.25, 0.3) is 0 Å². The fourth-order valence-corrected chi connectivity index (χ4v) is 12.5. The van der Waals surface area contributed by atoms with Crippen LogP contribution in [0.2, 0.25) is 0 Å². The summed E-state index contributed by atoms with van der Waals surface area (Å²) in [7, 11) is 0. The molecule has 1 nitrogen and oxygen atoms in total. The molecule has 1 spiro atoms. The summed E-state index contributed by atoms with van der Waals surface area (Å²) in [5, 5.41) is 10.5. The van der Waals surface area contributed by atoms with E-state index in [1.165, 1.54) is 121 Å². The number of benzene rings is 11. The molecule has 2 aliphatic rings. The summed E-state index contributed by atoms with van der Waals surface area (Å²) in [5.74, 6) is 0.235. The number of aromatic nitrogens is 1. The number of aryl methyl sites for hydroxylation is 1. The van der Waals surface area contributed by atoms with Crippen LogP contribution in [0.25, 0.3) is 82.1 Å². The smallest absolute Gasteiger partial charge is 0.0754 e. The van der Waals surface area contributed by atoms with E-state index < -0.39 is 5.41 Å². The highest BCUT2D eigenvalue weighted by Crippen LogP contribution is 2.61. The highest BCUT2D eigenvalue weighted by atomic mass is 15.0. The minimum Gasteiger partial charge on any atom is -0.309 e. The molecular formula is C65H45N. The molecule has 2 atom stereocenters. The van der Waals surface area contributed by atoms with Gasteiger partial charge in [0.1, 0.15) is 0 Å². The first-order valence-electron chi connectivity index (χ1n) is 23.6. The molecule has 0 N–H and O–H groups in total. The van der Waals surface area contributed by atoms with Crippen molar-refractivity contribution in [3.8, 4) is 27.9 Å². The molecule has 11 aromatic carbocycles. The van der Waals surface area contributed by atoms with Crippen LogP contribution in [0.4, 0.5) is 0 Å². The second-order valence-corrected chi connectivity index (χ2v) is 18.6. The minimum atomic E-state index is -0.441. The van der Waals surface area contributed by atoms with Gasteiger partial charge in [0.05, 0.1) is 22.1 Å². The molecule has 310 valence electrons. The zero-order valence-corrected chi connectivity index (χ0v) is 36.6. The molecule has 0 bridgehead atoms. The molecule has 14 rings (SSSR count). The van der Waals surface area contributed by atoms with Crippen LogP contribution >= 0.6 is 0 Å². The van der Waals surface area contributed by atoms with Crippen LogP contribution in [-0.4, -0.2) is 4.57 Å². The minimum absolute atomic E-state index is 0.235. The SMILES string of the molecule is c1ccc(-c2ccc(C(CCCc3ccc4c(c3)C3(c5ccccc5-4)c4ccccc4-n4c5ccccc5c5cccc3c54)c3ccc4c5ccccc5c5ccccc5c4c3)cc2)cc1. The lowest BCUT2D eigenvalue weighted by Crippen LogP contribution is -2.33. The van der Waals surface area contributed by atoms with Crippen LogP contribution in [0, 0.1) is 0 Å². The molecule has 1 heteroatoms. The van der Waals surface area contributed by atoms with Gasteiger partial charge in [-0.1, -0.05) is 212 Å². The Bertz CT molecular complexity index is 3870. The number of fused-ring (bicyclic) bond motifs is 18. The Morgan fingerprint density at radius 1 is 0.364 bits per heavy atom. The Balaban J connectivity index is 0.886. The number of hydrogen-bond donors (Lipinski definition) is 0. The first kappa shape index (κ1) is 37.4. The van der Waals surface area contributed by atoms with Crippen molar-refractivity contribution in [2.45, 2.75) is 30.6 Å². The third-order valence-corrected chi connectivity index (χ3v) is 15.3. The second kappa shape index (κ2) is 14.5. The van der Waals surface area contributed by atoms with Crippen molar-refractivity contribution in [1.82, 2.24) is 4.57 Å². The van der Waals surface area contributed by atoms with Crippen molar-refractivity contribution in [3.63, 3.8) is 0 Å². The molecule has 0 amide bonds. The van der Waals surface area contributed by atoms with E-state index in [4.69, 9.17) is 0 Å². The second-order valence-electron chi connectivity index (χ2n) is 18.6. The van der Waals surface area contributed by atoms with Crippen molar-refractivity contribution in [1.29, 1.82) is 0 Å².